The van der Waals surface area contributed by atoms with Crippen LogP contribution in [0.5, 0.6) is 0 Å². The zero-order valence-electron chi connectivity index (χ0n) is 24.0. The van der Waals surface area contributed by atoms with Crippen molar-refractivity contribution < 1.29 is 22.7 Å². The summed E-state index contributed by atoms with van der Waals surface area (Å²) in [5, 5.41) is 0.562. The number of piperazine rings is 1. The first-order valence-corrected chi connectivity index (χ1v) is 17.2. The third kappa shape index (κ3) is 5.91. The van der Waals surface area contributed by atoms with Crippen molar-refractivity contribution >= 4 is 72.6 Å². The lowest BCUT2D eigenvalue weighted by Crippen LogP contribution is -2.53. The van der Waals surface area contributed by atoms with Crippen LogP contribution in [-0.4, -0.2) is 103 Å². The van der Waals surface area contributed by atoms with E-state index in [1.165, 1.54) is 20.0 Å². The van der Waals surface area contributed by atoms with E-state index in [0.717, 1.165) is 10.0 Å². The molecule has 0 N–H and O–H groups in total. The molecule has 0 bridgehead atoms. The molecule has 2 saturated heterocycles. The first-order valence-electron chi connectivity index (χ1n) is 14.2. The number of carbonyl (C=O) groups excluding carboxylic acids is 2. The standard InChI is InChI=1S/C29H31BrCl2N6O5S/c1-29(17-20-2-4-21(30)5-3-20)27(40)37(24-15-22(31)14-23(32)16-24)28-33-18-26(38(28)29)44(41,42)36-8-6-35(7-9-36)25(39)19-34-10-12-43-13-11-34/h2-5,14-16,18H,6-13,17,19H2,1H3. The first-order chi connectivity index (χ1) is 21.0. The third-order valence-corrected chi connectivity index (χ3v) is 11.1. The number of carbonyl (C=O) groups is 2. The molecule has 234 valence electrons. The van der Waals surface area contributed by atoms with Crippen LogP contribution in [0.15, 0.2) is 58.2 Å². The molecule has 0 aliphatic carbocycles. The van der Waals surface area contributed by atoms with Crippen LogP contribution in [0.4, 0.5) is 11.6 Å². The second-order valence-electron chi connectivity index (χ2n) is 11.3. The molecular weight excluding hydrogens is 695 g/mol. The van der Waals surface area contributed by atoms with Crippen LogP contribution in [-0.2, 0) is 36.3 Å². The summed E-state index contributed by atoms with van der Waals surface area (Å²) in [5.41, 5.74) is -0.118. The Bertz CT molecular complexity index is 1670. The summed E-state index contributed by atoms with van der Waals surface area (Å²) in [6.07, 6.45) is 1.51. The Morgan fingerprint density at radius 1 is 1.00 bits per heavy atom. The summed E-state index contributed by atoms with van der Waals surface area (Å²) in [6.45, 7) is 5.38. The van der Waals surface area contributed by atoms with Gasteiger partial charge in [-0.25, -0.2) is 18.3 Å². The molecule has 1 atom stereocenters. The largest absolute Gasteiger partial charge is 0.379 e. The maximum absolute atomic E-state index is 14.3. The third-order valence-electron chi connectivity index (χ3n) is 8.29. The monoisotopic (exact) mass is 724 g/mol. The van der Waals surface area contributed by atoms with Crippen molar-refractivity contribution in [3.05, 3.63) is 68.7 Å². The Morgan fingerprint density at radius 2 is 1.64 bits per heavy atom. The summed E-state index contributed by atoms with van der Waals surface area (Å²) in [5.74, 6) is -0.236. The van der Waals surface area contributed by atoms with Crippen LogP contribution < -0.4 is 4.90 Å². The van der Waals surface area contributed by atoms with Gasteiger partial charge in [0.15, 0.2) is 5.03 Å². The molecule has 2 aromatic carbocycles. The maximum Gasteiger partial charge on any atom is 0.260 e. The van der Waals surface area contributed by atoms with Crippen LogP contribution in [0.1, 0.15) is 12.5 Å². The van der Waals surface area contributed by atoms with E-state index in [9.17, 15) is 18.0 Å². The van der Waals surface area contributed by atoms with Crippen LogP contribution in [0.2, 0.25) is 10.0 Å². The van der Waals surface area contributed by atoms with Gasteiger partial charge in [-0.1, -0.05) is 51.3 Å². The molecule has 2 fully saturated rings. The fourth-order valence-corrected chi connectivity index (χ4v) is 8.36. The zero-order valence-corrected chi connectivity index (χ0v) is 27.9. The van der Waals surface area contributed by atoms with Crippen LogP contribution in [0.3, 0.4) is 0 Å². The molecule has 15 heteroatoms. The van der Waals surface area contributed by atoms with Crippen molar-refractivity contribution in [2.45, 2.75) is 23.9 Å². The highest BCUT2D eigenvalue weighted by Crippen LogP contribution is 2.45. The molecule has 4 heterocycles. The van der Waals surface area contributed by atoms with E-state index in [-0.39, 0.29) is 61.9 Å². The summed E-state index contributed by atoms with van der Waals surface area (Å²) >= 11 is 16.0. The molecule has 3 aliphatic rings. The highest BCUT2D eigenvalue weighted by molar-refractivity contribution is 9.10. The number of morpholine rings is 1. The number of halogens is 3. The first kappa shape index (κ1) is 31.5. The van der Waals surface area contributed by atoms with Gasteiger partial charge >= 0.3 is 0 Å². The van der Waals surface area contributed by atoms with Gasteiger partial charge in [-0.15, -0.1) is 0 Å². The van der Waals surface area contributed by atoms with Crippen molar-refractivity contribution in [1.29, 1.82) is 0 Å². The molecule has 2 amide bonds. The Hall–Kier alpha value is -2.52. The smallest absolute Gasteiger partial charge is 0.260 e. The van der Waals surface area contributed by atoms with Gasteiger partial charge in [0.2, 0.25) is 11.9 Å². The fraction of sp³-hybridized carbons (Fsp3) is 0.414. The molecule has 3 aromatic rings. The van der Waals surface area contributed by atoms with Gasteiger partial charge < -0.3 is 9.64 Å². The number of ether oxygens (including phenoxy) is 1. The number of aromatic nitrogens is 2. The SMILES string of the molecule is CC1(Cc2ccc(Br)cc2)C(=O)N(c2cc(Cl)cc(Cl)c2)c2ncc(S(=O)(=O)N3CCN(C(=O)CN4CCOCC4)CC3)n21. The summed E-state index contributed by atoms with van der Waals surface area (Å²) in [7, 11) is -4.11. The van der Waals surface area contributed by atoms with Gasteiger partial charge in [0.05, 0.1) is 31.6 Å². The highest BCUT2D eigenvalue weighted by Gasteiger charge is 2.52. The Balaban J connectivity index is 1.31. The van der Waals surface area contributed by atoms with E-state index in [1.807, 2.05) is 29.2 Å². The van der Waals surface area contributed by atoms with Gasteiger partial charge in [0.1, 0.15) is 5.54 Å². The normalized spacial score (nSPS) is 21.6. The van der Waals surface area contributed by atoms with Gasteiger partial charge in [-0.3, -0.25) is 19.1 Å². The number of fused-ring (bicyclic) bond motifs is 1. The van der Waals surface area contributed by atoms with Crippen LogP contribution in [0, 0.1) is 0 Å². The van der Waals surface area contributed by atoms with Crippen molar-refractivity contribution in [1.82, 2.24) is 23.7 Å². The van der Waals surface area contributed by atoms with E-state index < -0.39 is 15.6 Å². The minimum absolute atomic E-state index is 0.0299. The summed E-state index contributed by atoms with van der Waals surface area (Å²) in [6, 6.07) is 12.3. The van der Waals surface area contributed by atoms with Gasteiger partial charge in [0, 0.05) is 60.2 Å². The van der Waals surface area contributed by atoms with E-state index in [0.29, 0.717) is 42.0 Å². The number of rotatable bonds is 7. The second-order valence-corrected chi connectivity index (χ2v) is 14.9. The lowest BCUT2D eigenvalue weighted by atomic mass is 9.92. The number of anilines is 2. The van der Waals surface area contributed by atoms with Crippen molar-refractivity contribution in [2.24, 2.45) is 0 Å². The number of imidazole rings is 1. The maximum atomic E-state index is 14.3. The molecule has 1 unspecified atom stereocenters. The van der Waals surface area contributed by atoms with Crippen LogP contribution >= 0.6 is 39.1 Å². The molecule has 0 radical (unpaired) electrons. The van der Waals surface area contributed by atoms with Crippen molar-refractivity contribution in [3.63, 3.8) is 0 Å². The van der Waals surface area contributed by atoms with Crippen molar-refractivity contribution in [3.8, 4) is 0 Å². The molecule has 0 spiro atoms. The predicted octanol–water partition coefficient (Wildman–Crippen LogP) is 3.75. The molecular formula is C29H31BrCl2N6O5S. The number of sulfonamides is 1. The average Bonchev–Trinajstić information content (AvgIpc) is 3.52. The Morgan fingerprint density at radius 3 is 2.27 bits per heavy atom. The molecule has 11 nitrogen and oxygen atoms in total. The van der Waals surface area contributed by atoms with Crippen molar-refractivity contribution in [2.75, 3.05) is 63.9 Å². The van der Waals surface area contributed by atoms with E-state index >= 15 is 0 Å². The van der Waals surface area contributed by atoms with E-state index in [1.54, 1.807) is 30.0 Å². The predicted molar refractivity (Wildman–Crippen MR) is 170 cm³/mol. The highest BCUT2D eigenvalue weighted by atomic mass is 79.9. The molecule has 44 heavy (non-hydrogen) atoms. The molecule has 0 saturated carbocycles. The molecule has 6 rings (SSSR count). The summed E-state index contributed by atoms with van der Waals surface area (Å²) in [4.78, 5) is 36.8. The zero-order chi connectivity index (χ0) is 31.2. The molecule has 3 aliphatic heterocycles. The van der Waals surface area contributed by atoms with Gasteiger partial charge in [0.25, 0.3) is 15.9 Å². The second kappa shape index (κ2) is 12.3. The summed E-state index contributed by atoms with van der Waals surface area (Å²) < 4.78 is 37.5. The molecule has 1 aromatic heterocycles. The quantitative estimate of drug-likeness (QED) is 0.365. The lowest BCUT2D eigenvalue weighted by Gasteiger charge is -2.36. The fourth-order valence-electron chi connectivity index (χ4n) is 5.97. The number of nitrogens with zero attached hydrogens (tertiary/aromatic N) is 6. The Kier molecular flexibility index (Phi) is 8.83. The topological polar surface area (TPSA) is 108 Å². The van der Waals surface area contributed by atoms with Gasteiger partial charge in [-0.2, -0.15) is 4.31 Å². The number of hydrogen-bond donors (Lipinski definition) is 0. The minimum Gasteiger partial charge on any atom is -0.379 e. The van der Waals surface area contributed by atoms with Gasteiger partial charge in [-0.05, 0) is 42.8 Å². The number of benzene rings is 2. The van der Waals surface area contributed by atoms with Crippen LogP contribution in [0.25, 0.3) is 0 Å². The number of hydrogen-bond acceptors (Lipinski definition) is 7. The lowest BCUT2D eigenvalue weighted by molar-refractivity contribution is -0.134. The Labute approximate surface area is 274 Å². The number of amides is 2. The average molecular weight is 726 g/mol. The van der Waals surface area contributed by atoms with E-state index in [4.69, 9.17) is 27.9 Å². The van der Waals surface area contributed by atoms with E-state index in [2.05, 4.69) is 20.9 Å². The minimum atomic E-state index is -4.11.